The summed E-state index contributed by atoms with van der Waals surface area (Å²) in [6.07, 6.45) is 6.99. The molecule has 0 aromatic heterocycles. The molecule has 2 atom stereocenters. The van der Waals surface area contributed by atoms with Crippen molar-refractivity contribution in [3.8, 4) is 0 Å². The van der Waals surface area contributed by atoms with Gasteiger partial charge in [0.25, 0.3) is 0 Å². The minimum Gasteiger partial charge on any atom is -0.388 e. The molecule has 0 amide bonds. The molecule has 2 unspecified atom stereocenters. The Morgan fingerprint density at radius 1 is 1.27 bits per heavy atom. The van der Waals surface area contributed by atoms with Crippen molar-refractivity contribution in [3.05, 3.63) is 0 Å². The third kappa shape index (κ3) is 2.54. The van der Waals surface area contributed by atoms with Crippen molar-refractivity contribution in [2.45, 2.75) is 76.9 Å². The van der Waals surface area contributed by atoms with Gasteiger partial charge in [0.05, 0.1) is 5.60 Å². The summed E-state index contributed by atoms with van der Waals surface area (Å²) < 4.78 is 0. The molecule has 3 N–H and O–H groups in total. The normalized spacial score (nSPS) is 33.8. The second-order valence-electron chi connectivity index (χ2n) is 5.43. The quantitative estimate of drug-likeness (QED) is 0.708. The van der Waals surface area contributed by atoms with Gasteiger partial charge in [0, 0.05) is 5.54 Å². The Morgan fingerprint density at radius 2 is 1.87 bits per heavy atom. The van der Waals surface area contributed by atoms with Gasteiger partial charge in [-0.25, -0.2) is 0 Å². The van der Waals surface area contributed by atoms with Gasteiger partial charge < -0.3 is 10.8 Å². The van der Waals surface area contributed by atoms with E-state index in [0.29, 0.717) is 0 Å². The van der Waals surface area contributed by atoms with Crippen LogP contribution in [0.25, 0.3) is 0 Å². The van der Waals surface area contributed by atoms with Crippen molar-refractivity contribution in [3.63, 3.8) is 0 Å². The topological polar surface area (TPSA) is 46.2 Å². The molecule has 0 spiro atoms. The average molecular weight is 213 g/mol. The lowest BCUT2D eigenvalue weighted by Crippen LogP contribution is -2.59. The molecule has 1 rings (SSSR count). The Balaban J connectivity index is 2.79. The van der Waals surface area contributed by atoms with Gasteiger partial charge in [0.2, 0.25) is 0 Å². The van der Waals surface area contributed by atoms with Gasteiger partial charge in [-0.05, 0) is 38.0 Å². The number of rotatable bonds is 3. The summed E-state index contributed by atoms with van der Waals surface area (Å²) in [5.41, 5.74) is 5.37. The van der Waals surface area contributed by atoms with Crippen molar-refractivity contribution in [2.24, 2.45) is 11.7 Å². The first-order valence-electron chi connectivity index (χ1n) is 6.48. The van der Waals surface area contributed by atoms with Crippen LogP contribution in [0.1, 0.15) is 65.7 Å². The Kier molecular flexibility index (Phi) is 4.19. The van der Waals surface area contributed by atoms with Crippen molar-refractivity contribution < 1.29 is 5.11 Å². The summed E-state index contributed by atoms with van der Waals surface area (Å²) in [4.78, 5) is 0. The first-order chi connectivity index (χ1) is 6.97. The molecule has 1 fully saturated rings. The Bertz CT molecular complexity index is 201. The second kappa shape index (κ2) is 4.84. The first kappa shape index (κ1) is 13.0. The highest BCUT2D eigenvalue weighted by atomic mass is 16.3. The van der Waals surface area contributed by atoms with E-state index in [2.05, 4.69) is 20.8 Å². The van der Waals surface area contributed by atoms with Gasteiger partial charge in [-0.3, -0.25) is 0 Å². The van der Waals surface area contributed by atoms with Crippen LogP contribution >= 0.6 is 0 Å². The molecule has 0 aliphatic heterocycles. The lowest BCUT2D eigenvalue weighted by molar-refractivity contribution is -0.0529. The van der Waals surface area contributed by atoms with Crippen LogP contribution in [0, 0.1) is 5.92 Å². The van der Waals surface area contributed by atoms with Gasteiger partial charge >= 0.3 is 0 Å². The summed E-state index contributed by atoms with van der Waals surface area (Å²) in [7, 11) is 0. The monoisotopic (exact) mass is 213 g/mol. The van der Waals surface area contributed by atoms with Crippen molar-refractivity contribution in [1.29, 1.82) is 0 Å². The SMILES string of the molecule is CCC(N)(CC)C1(O)CCCC(C)CC1. The van der Waals surface area contributed by atoms with Crippen LogP contribution in [0.4, 0.5) is 0 Å². The van der Waals surface area contributed by atoms with E-state index < -0.39 is 5.60 Å². The van der Waals surface area contributed by atoms with E-state index in [1.165, 1.54) is 6.42 Å². The van der Waals surface area contributed by atoms with E-state index in [4.69, 9.17) is 5.73 Å². The van der Waals surface area contributed by atoms with Crippen LogP contribution in [0.2, 0.25) is 0 Å². The molecular formula is C13H27NO. The molecule has 0 saturated heterocycles. The standard InChI is InChI=1S/C13H27NO/c1-4-12(14,5-2)13(15)9-6-7-11(3)8-10-13/h11,15H,4-10,14H2,1-3H3. The van der Waals surface area contributed by atoms with Crippen LogP contribution in [0.3, 0.4) is 0 Å². The molecule has 15 heavy (non-hydrogen) atoms. The fourth-order valence-corrected chi connectivity index (χ4v) is 2.90. The zero-order valence-corrected chi connectivity index (χ0v) is 10.6. The zero-order valence-electron chi connectivity index (χ0n) is 10.6. The fraction of sp³-hybridized carbons (Fsp3) is 1.00. The van der Waals surface area contributed by atoms with Crippen LogP contribution in [-0.4, -0.2) is 16.2 Å². The molecule has 2 nitrogen and oxygen atoms in total. The molecule has 0 heterocycles. The van der Waals surface area contributed by atoms with Crippen molar-refractivity contribution in [1.82, 2.24) is 0 Å². The highest BCUT2D eigenvalue weighted by Crippen LogP contribution is 2.39. The number of hydrogen-bond acceptors (Lipinski definition) is 2. The van der Waals surface area contributed by atoms with Gasteiger partial charge in [-0.1, -0.05) is 33.6 Å². The summed E-state index contributed by atoms with van der Waals surface area (Å²) in [5.74, 6) is 0.747. The van der Waals surface area contributed by atoms with Crippen molar-refractivity contribution >= 4 is 0 Å². The number of aliphatic hydroxyl groups is 1. The summed E-state index contributed by atoms with van der Waals surface area (Å²) in [6, 6.07) is 0. The average Bonchev–Trinajstić information content (AvgIpc) is 2.41. The summed E-state index contributed by atoms with van der Waals surface area (Å²) in [6.45, 7) is 6.47. The molecule has 1 saturated carbocycles. The van der Waals surface area contributed by atoms with E-state index in [-0.39, 0.29) is 5.54 Å². The Morgan fingerprint density at radius 3 is 2.40 bits per heavy atom. The molecule has 2 heteroatoms. The third-order valence-corrected chi connectivity index (χ3v) is 4.53. The van der Waals surface area contributed by atoms with Gasteiger partial charge in [0.15, 0.2) is 0 Å². The predicted octanol–water partition coefficient (Wildman–Crippen LogP) is 2.84. The minimum atomic E-state index is -0.624. The van der Waals surface area contributed by atoms with E-state index in [1.54, 1.807) is 0 Å². The second-order valence-corrected chi connectivity index (χ2v) is 5.43. The van der Waals surface area contributed by atoms with E-state index in [1.807, 2.05) is 0 Å². The third-order valence-electron chi connectivity index (χ3n) is 4.53. The number of nitrogens with two attached hydrogens (primary N) is 1. The Hall–Kier alpha value is -0.0800. The van der Waals surface area contributed by atoms with Crippen LogP contribution in [0.15, 0.2) is 0 Å². The molecule has 1 aliphatic carbocycles. The molecule has 90 valence electrons. The highest BCUT2D eigenvalue weighted by molar-refractivity contribution is 5.02. The largest absolute Gasteiger partial charge is 0.388 e. The van der Waals surface area contributed by atoms with Crippen LogP contribution in [0.5, 0.6) is 0 Å². The summed E-state index contributed by atoms with van der Waals surface area (Å²) >= 11 is 0. The maximum Gasteiger partial charge on any atom is 0.0826 e. The van der Waals surface area contributed by atoms with Gasteiger partial charge in [0.1, 0.15) is 0 Å². The van der Waals surface area contributed by atoms with E-state index in [9.17, 15) is 5.11 Å². The molecule has 0 aromatic carbocycles. The molecule has 1 aliphatic rings. The molecular weight excluding hydrogens is 186 g/mol. The lowest BCUT2D eigenvalue weighted by Gasteiger charge is -2.44. The minimum absolute atomic E-state index is 0.378. The highest BCUT2D eigenvalue weighted by Gasteiger charge is 2.45. The van der Waals surface area contributed by atoms with Gasteiger partial charge in [-0.2, -0.15) is 0 Å². The van der Waals surface area contributed by atoms with Gasteiger partial charge in [-0.15, -0.1) is 0 Å². The fourth-order valence-electron chi connectivity index (χ4n) is 2.90. The smallest absolute Gasteiger partial charge is 0.0826 e. The van der Waals surface area contributed by atoms with Crippen LogP contribution in [-0.2, 0) is 0 Å². The predicted molar refractivity (Wildman–Crippen MR) is 64.7 cm³/mol. The molecule has 0 bridgehead atoms. The lowest BCUT2D eigenvalue weighted by atomic mass is 9.72. The van der Waals surface area contributed by atoms with E-state index >= 15 is 0 Å². The first-order valence-corrected chi connectivity index (χ1v) is 6.48. The summed E-state index contributed by atoms with van der Waals surface area (Å²) in [5, 5.41) is 10.8. The van der Waals surface area contributed by atoms with Crippen LogP contribution < -0.4 is 5.73 Å². The Labute approximate surface area is 94.2 Å². The zero-order chi connectivity index (χ0) is 11.5. The van der Waals surface area contributed by atoms with Crippen molar-refractivity contribution in [2.75, 3.05) is 0 Å². The van der Waals surface area contributed by atoms with E-state index in [0.717, 1.165) is 44.4 Å². The molecule has 0 aromatic rings. The molecule has 0 radical (unpaired) electrons. The maximum absolute atomic E-state index is 10.8. The maximum atomic E-state index is 10.8. The number of hydrogen-bond donors (Lipinski definition) is 2.